The number of hydrogen-bond acceptors (Lipinski definition) is 3. The third-order valence-electron chi connectivity index (χ3n) is 6.21. The summed E-state index contributed by atoms with van der Waals surface area (Å²) in [5.41, 5.74) is 1.32. The van der Waals surface area contributed by atoms with E-state index in [4.69, 9.17) is 4.74 Å². The molecule has 0 aromatic heterocycles. The summed E-state index contributed by atoms with van der Waals surface area (Å²) in [6.45, 7) is 10.2. The van der Waals surface area contributed by atoms with Crippen LogP contribution in [0.1, 0.15) is 65.9 Å². The molecule has 3 rings (SSSR count). The van der Waals surface area contributed by atoms with Gasteiger partial charge in [-0.25, -0.2) is 4.79 Å². The topological polar surface area (TPSA) is 46.6 Å². The maximum atomic E-state index is 12.9. The summed E-state index contributed by atoms with van der Waals surface area (Å²) >= 11 is 0. The van der Waals surface area contributed by atoms with Crippen molar-refractivity contribution in [1.29, 1.82) is 0 Å². The third-order valence-corrected chi connectivity index (χ3v) is 8.31. The van der Waals surface area contributed by atoms with Gasteiger partial charge in [-0.05, 0) is 70.3 Å². The Kier molecular flexibility index (Phi) is 8.74. The summed E-state index contributed by atoms with van der Waals surface area (Å²) in [7, 11) is 0.602. The predicted octanol–water partition coefficient (Wildman–Crippen LogP) is 5.43. The maximum absolute atomic E-state index is 12.9. The second kappa shape index (κ2) is 10.6. The average Bonchev–Trinajstić information content (AvgIpc) is 2.97. The predicted molar refractivity (Wildman–Crippen MR) is 122 cm³/mol. The van der Waals surface area contributed by atoms with Gasteiger partial charge in [0, 0.05) is 33.4 Å². The Hall–Kier alpha value is -1.36. The second-order valence-electron chi connectivity index (χ2n) is 9.07. The van der Waals surface area contributed by atoms with Crippen LogP contribution >= 0.6 is 0 Å². The highest BCUT2D eigenvalue weighted by molar-refractivity contribution is 7.86. The zero-order chi connectivity index (χ0) is 21.6. The highest BCUT2D eigenvalue weighted by Crippen LogP contribution is 2.43. The van der Waals surface area contributed by atoms with Gasteiger partial charge in [-0.1, -0.05) is 44.2 Å². The number of piperidine rings is 1. The van der Waals surface area contributed by atoms with E-state index in [1.165, 1.54) is 12.7 Å². The molecule has 2 aliphatic heterocycles. The number of carbonyl (C=O) groups excluding carboxylic acids is 1. The van der Waals surface area contributed by atoms with E-state index in [0.717, 1.165) is 37.9 Å². The first-order valence-corrected chi connectivity index (χ1v) is 12.4. The number of nitrogens with zero attached hydrogens (tertiary/aromatic N) is 1. The monoisotopic (exact) mass is 421 g/mol. The van der Waals surface area contributed by atoms with E-state index in [0.29, 0.717) is 11.8 Å². The minimum Gasteiger partial charge on any atom is -0.453 e. The molecule has 0 spiro atoms. The summed E-state index contributed by atoms with van der Waals surface area (Å²) in [4.78, 5) is 14.1. The first-order valence-electron chi connectivity index (χ1n) is 11.1. The zero-order valence-corrected chi connectivity index (χ0v) is 19.8. The smallest absolute Gasteiger partial charge is 0.409 e. The van der Waals surface area contributed by atoms with Gasteiger partial charge in [0.15, 0.2) is 0 Å². The maximum Gasteiger partial charge on any atom is 0.409 e. The molecule has 0 saturated carbocycles. The van der Waals surface area contributed by atoms with E-state index in [9.17, 15) is 9.00 Å². The molecule has 1 aromatic rings. The molecular formula is C24H39NO3S. The second-order valence-corrected chi connectivity index (χ2v) is 11.3. The largest absolute Gasteiger partial charge is 0.453 e. The molecule has 5 heteroatoms. The molecule has 5 atom stereocenters. The molecule has 0 aliphatic carbocycles. The molecule has 1 unspecified atom stereocenters. The first-order chi connectivity index (χ1) is 13.8. The lowest BCUT2D eigenvalue weighted by Crippen LogP contribution is -2.48. The summed E-state index contributed by atoms with van der Waals surface area (Å²) in [6.07, 6.45) is 4.92. The molecule has 164 valence electrons. The van der Waals surface area contributed by atoms with Crippen molar-refractivity contribution in [2.24, 2.45) is 11.8 Å². The molecule has 1 aromatic carbocycles. The van der Waals surface area contributed by atoms with Gasteiger partial charge in [-0.3, -0.25) is 4.21 Å². The van der Waals surface area contributed by atoms with Gasteiger partial charge in [-0.2, -0.15) is 0 Å². The zero-order valence-electron chi connectivity index (χ0n) is 19.0. The van der Waals surface area contributed by atoms with E-state index in [2.05, 4.69) is 45.0 Å². The van der Waals surface area contributed by atoms with Gasteiger partial charge in [0.1, 0.15) is 0 Å². The Bertz CT molecular complexity index is 656. The van der Waals surface area contributed by atoms with Crippen LogP contribution in [-0.2, 0) is 22.0 Å². The summed E-state index contributed by atoms with van der Waals surface area (Å²) < 4.78 is 17.7. The van der Waals surface area contributed by atoms with Crippen molar-refractivity contribution in [3.05, 3.63) is 35.9 Å². The van der Waals surface area contributed by atoms with Crippen molar-refractivity contribution in [2.75, 3.05) is 12.9 Å². The van der Waals surface area contributed by atoms with E-state index in [-0.39, 0.29) is 22.9 Å². The van der Waals surface area contributed by atoms with Crippen molar-refractivity contribution in [1.82, 2.24) is 4.90 Å². The summed E-state index contributed by atoms with van der Waals surface area (Å²) in [6, 6.07) is 11.1. The van der Waals surface area contributed by atoms with Gasteiger partial charge in [-0.15, -0.1) is 0 Å². The minimum atomic E-state index is -0.869. The van der Waals surface area contributed by atoms with E-state index < -0.39 is 10.8 Å². The lowest BCUT2D eigenvalue weighted by molar-refractivity contribution is 0.0608. The summed E-state index contributed by atoms with van der Waals surface area (Å²) in [5, 5.41) is 0. The summed E-state index contributed by atoms with van der Waals surface area (Å²) in [5.74, 6) is 1.63. The number of rotatable bonds is 5. The molecule has 2 fully saturated rings. The molecule has 4 nitrogen and oxygen atoms in total. The van der Waals surface area contributed by atoms with Crippen LogP contribution in [0.5, 0.6) is 0 Å². The highest BCUT2D eigenvalue weighted by atomic mass is 32.2. The number of carbonyl (C=O) groups is 1. The van der Waals surface area contributed by atoms with Crippen molar-refractivity contribution in [2.45, 2.75) is 83.6 Å². The van der Waals surface area contributed by atoms with E-state index >= 15 is 0 Å². The molecular weight excluding hydrogens is 382 g/mol. The van der Waals surface area contributed by atoms with Crippen LogP contribution in [0.25, 0.3) is 0 Å². The standard InChI is InChI=1S/C22H33NO3S.C2H6/c1-22(2,3)27(25)15-18(12-16-8-6-5-7-9-16)17-13-19-10-11-20(14-17)23(19)21(24)26-4;1-2/h5-9,17-20H,10-15H2,1-4H3;1-2H3/t17?,18-,19-,20+,27-;/m1./s1. The van der Waals surface area contributed by atoms with Crippen LogP contribution < -0.4 is 0 Å². The quantitative estimate of drug-likeness (QED) is 0.637. The van der Waals surface area contributed by atoms with Gasteiger partial charge in [0.25, 0.3) is 0 Å². The SMILES string of the molecule is CC.COC(=O)N1[C@@H]2CC[C@H]1CC([C@H](Cc1ccccc1)C[S@@](=O)C(C)(C)C)C2. The van der Waals surface area contributed by atoms with E-state index in [1.807, 2.05) is 24.8 Å². The molecule has 2 bridgehead atoms. The van der Waals surface area contributed by atoms with E-state index in [1.54, 1.807) is 0 Å². The molecule has 0 radical (unpaired) electrons. The van der Waals surface area contributed by atoms with Crippen LogP contribution in [0.3, 0.4) is 0 Å². The number of hydrogen-bond donors (Lipinski definition) is 0. The Morgan fingerprint density at radius 2 is 1.69 bits per heavy atom. The van der Waals surface area contributed by atoms with Crippen LogP contribution in [0.2, 0.25) is 0 Å². The van der Waals surface area contributed by atoms with Crippen molar-refractivity contribution >= 4 is 16.9 Å². The fraction of sp³-hybridized carbons (Fsp3) is 0.708. The Balaban J connectivity index is 0.00000145. The molecule has 29 heavy (non-hydrogen) atoms. The highest BCUT2D eigenvalue weighted by Gasteiger charge is 2.46. The van der Waals surface area contributed by atoms with Crippen LogP contribution in [0, 0.1) is 11.8 Å². The normalized spacial score (nSPS) is 25.6. The van der Waals surface area contributed by atoms with Gasteiger partial charge in [0.05, 0.1) is 7.11 Å². The van der Waals surface area contributed by atoms with Gasteiger partial charge < -0.3 is 9.64 Å². The van der Waals surface area contributed by atoms with Crippen LogP contribution in [0.4, 0.5) is 4.79 Å². The van der Waals surface area contributed by atoms with Crippen molar-refractivity contribution in [3.8, 4) is 0 Å². The fourth-order valence-corrected chi connectivity index (χ4v) is 6.01. The third kappa shape index (κ3) is 6.07. The Morgan fingerprint density at radius 3 is 2.17 bits per heavy atom. The molecule has 2 heterocycles. The number of amides is 1. The Morgan fingerprint density at radius 1 is 1.14 bits per heavy atom. The number of ether oxygens (including phenoxy) is 1. The van der Waals surface area contributed by atoms with Crippen LogP contribution in [-0.4, -0.2) is 44.9 Å². The fourth-order valence-electron chi connectivity index (χ4n) is 4.73. The van der Waals surface area contributed by atoms with Gasteiger partial charge in [0.2, 0.25) is 0 Å². The molecule has 2 aliphatic rings. The Labute approximate surface area is 179 Å². The lowest BCUT2D eigenvalue weighted by Gasteiger charge is -2.41. The molecule has 1 amide bonds. The van der Waals surface area contributed by atoms with Crippen molar-refractivity contribution < 1.29 is 13.7 Å². The molecule has 2 saturated heterocycles. The lowest BCUT2D eigenvalue weighted by atomic mass is 9.79. The number of fused-ring (bicyclic) bond motifs is 2. The minimum absolute atomic E-state index is 0.182. The van der Waals surface area contributed by atoms with Crippen LogP contribution in [0.15, 0.2) is 30.3 Å². The number of methoxy groups -OCH3 is 1. The van der Waals surface area contributed by atoms with Crippen molar-refractivity contribution in [3.63, 3.8) is 0 Å². The number of benzene rings is 1. The van der Waals surface area contributed by atoms with Gasteiger partial charge >= 0.3 is 6.09 Å². The first kappa shape index (κ1) is 23.9. The average molecular weight is 422 g/mol. The molecule has 0 N–H and O–H groups in total.